The van der Waals surface area contributed by atoms with Crippen molar-refractivity contribution in [1.82, 2.24) is 10.6 Å². The van der Waals surface area contributed by atoms with Gasteiger partial charge in [-0.05, 0) is 45.2 Å². The van der Waals surface area contributed by atoms with Crippen LogP contribution in [0.4, 0.5) is 0 Å². The van der Waals surface area contributed by atoms with Crippen molar-refractivity contribution in [1.29, 1.82) is 0 Å². The van der Waals surface area contributed by atoms with E-state index in [1.165, 1.54) is 0 Å². The molecule has 4 heteroatoms. The quantitative estimate of drug-likeness (QED) is 0.715. The topological polar surface area (TPSA) is 50.4 Å². The fraction of sp³-hybridized carbons (Fsp3) is 0.917. The van der Waals surface area contributed by atoms with Crippen molar-refractivity contribution in [3.63, 3.8) is 0 Å². The average molecular weight is 224 g/mol. The second-order valence-electron chi connectivity index (χ2n) is 5.29. The van der Waals surface area contributed by atoms with Crippen LogP contribution in [-0.4, -0.2) is 37.2 Å². The number of amides is 1. The summed E-state index contributed by atoms with van der Waals surface area (Å²) in [5.41, 5.74) is -0.0597. The molecule has 0 aromatic heterocycles. The van der Waals surface area contributed by atoms with Gasteiger partial charge in [-0.1, -0.05) is 0 Å². The third-order valence-corrected chi connectivity index (χ3v) is 4.15. The van der Waals surface area contributed by atoms with Crippen LogP contribution in [0.1, 0.15) is 32.1 Å². The van der Waals surface area contributed by atoms with Gasteiger partial charge >= 0.3 is 0 Å². The highest BCUT2D eigenvalue weighted by Gasteiger charge is 2.46. The highest BCUT2D eigenvalue weighted by molar-refractivity contribution is 5.81. The number of carbonyl (C=O) groups is 1. The van der Waals surface area contributed by atoms with Crippen molar-refractivity contribution in [3.05, 3.63) is 0 Å². The van der Waals surface area contributed by atoms with Gasteiger partial charge in [0.05, 0.1) is 11.6 Å². The van der Waals surface area contributed by atoms with E-state index in [1.54, 1.807) is 0 Å². The monoisotopic (exact) mass is 224 g/mol. The summed E-state index contributed by atoms with van der Waals surface area (Å²) in [7, 11) is 0. The molecule has 0 aromatic carbocycles. The lowest BCUT2D eigenvalue weighted by Gasteiger charge is -2.38. The van der Waals surface area contributed by atoms with Crippen LogP contribution in [0.3, 0.4) is 0 Å². The number of piperidine rings is 1. The molecule has 1 unspecified atom stereocenters. The molecule has 1 amide bonds. The first-order chi connectivity index (χ1) is 7.80. The Hall–Kier alpha value is -0.610. The number of nitrogens with one attached hydrogen (secondary N) is 2. The summed E-state index contributed by atoms with van der Waals surface area (Å²) < 4.78 is 5.94. The van der Waals surface area contributed by atoms with Crippen molar-refractivity contribution in [2.24, 2.45) is 5.92 Å². The molecule has 90 valence electrons. The highest BCUT2D eigenvalue weighted by Crippen LogP contribution is 2.36. The van der Waals surface area contributed by atoms with Gasteiger partial charge in [-0.3, -0.25) is 4.79 Å². The third-order valence-electron chi connectivity index (χ3n) is 4.15. The molecule has 16 heavy (non-hydrogen) atoms. The van der Waals surface area contributed by atoms with Gasteiger partial charge in [0.15, 0.2) is 0 Å². The normalized spacial score (nSPS) is 32.9. The molecule has 3 rings (SSSR count). The maximum atomic E-state index is 11.8. The Morgan fingerprint density at radius 1 is 1.25 bits per heavy atom. The number of hydrogen-bond donors (Lipinski definition) is 2. The molecule has 0 aromatic rings. The van der Waals surface area contributed by atoms with E-state index in [0.29, 0.717) is 5.92 Å². The SMILES string of the molecule is O=C(NC1CCOC12CCNCC2)C1CC1. The van der Waals surface area contributed by atoms with Crippen LogP contribution in [0.5, 0.6) is 0 Å². The van der Waals surface area contributed by atoms with Crippen LogP contribution < -0.4 is 10.6 Å². The summed E-state index contributed by atoms with van der Waals surface area (Å²) in [5, 5.41) is 6.56. The van der Waals surface area contributed by atoms with Gasteiger partial charge in [-0.25, -0.2) is 0 Å². The zero-order valence-corrected chi connectivity index (χ0v) is 9.63. The molecule has 2 aliphatic heterocycles. The Kier molecular flexibility index (Phi) is 2.64. The van der Waals surface area contributed by atoms with E-state index in [-0.39, 0.29) is 17.6 Å². The van der Waals surface area contributed by atoms with Crippen LogP contribution in [-0.2, 0) is 9.53 Å². The molecule has 0 bridgehead atoms. The number of ether oxygens (including phenoxy) is 1. The van der Waals surface area contributed by atoms with Crippen molar-refractivity contribution >= 4 is 5.91 Å². The van der Waals surface area contributed by atoms with Gasteiger partial charge in [0.1, 0.15) is 0 Å². The minimum Gasteiger partial charge on any atom is -0.373 e. The molecule has 3 aliphatic rings. The van der Waals surface area contributed by atoms with E-state index in [4.69, 9.17) is 4.74 Å². The summed E-state index contributed by atoms with van der Waals surface area (Å²) in [6.07, 6.45) is 5.20. The Morgan fingerprint density at radius 3 is 2.69 bits per heavy atom. The summed E-state index contributed by atoms with van der Waals surface area (Å²) >= 11 is 0. The molecular weight excluding hydrogens is 204 g/mol. The summed E-state index contributed by atoms with van der Waals surface area (Å²) in [6.45, 7) is 2.82. The van der Waals surface area contributed by atoms with Crippen LogP contribution in [0.25, 0.3) is 0 Å². The molecule has 2 N–H and O–H groups in total. The zero-order valence-electron chi connectivity index (χ0n) is 9.63. The van der Waals surface area contributed by atoms with E-state index in [9.17, 15) is 4.79 Å². The molecule has 2 saturated heterocycles. The van der Waals surface area contributed by atoms with E-state index >= 15 is 0 Å². The largest absolute Gasteiger partial charge is 0.373 e. The first kappa shape index (κ1) is 10.5. The lowest BCUT2D eigenvalue weighted by molar-refractivity contribution is -0.125. The van der Waals surface area contributed by atoms with Crippen molar-refractivity contribution in [3.8, 4) is 0 Å². The predicted octanol–water partition coefficient (Wildman–Crippen LogP) is 0.424. The second kappa shape index (κ2) is 4.00. The van der Waals surface area contributed by atoms with E-state index in [2.05, 4.69) is 10.6 Å². The Balaban J connectivity index is 1.65. The maximum Gasteiger partial charge on any atom is 0.223 e. The summed E-state index contributed by atoms with van der Waals surface area (Å²) in [6, 6.07) is 0.252. The summed E-state index contributed by atoms with van der Waals surface area (Å²) in [5.74, 6) is 0.563. The van der Waals surface area contributed by atoms with Crippen LogP contribution in [0.15, 0.2) is 0 Å². The van der Waals surface area contributed by atoms with E-state index in [1.807, 2.05) is 0 Å². The minimum absolute atomic E-state index is 0.0597. The van der Waals surface area contributed by atoms with Crippen LogP contribution >= 0.6 is 0 Å². The van der Waals surface area contributed by atoms with Gasteiger partial charge in [0, 0.05) is 12.5 Å². The first-order valence-electron chi connectivity index (χ1n) is 6.45. The van der Waals surface area contributed by atoms with E-state index in [0.717, 1.165) is 51.8 Å². The number of rotatable bonds is 2. The molecular formula is C12H20N2O2. The van der Waals surface area contributed by atoms with Crippen molar-refractivity contribution in [2.45, 2.75) is 43.7 Å². The standard InChI is InChI=1S/C12H20N2O2/c15-11(9-1-2-9)14-10-3-8-16-12(10)4-6-13-7-5-12/h9-10,13H,1-8H2,(H,14,15). The second-order valence-corrected chi connectivity index (χ2v) is 5.29. The van der Waals surface area contributed by atoms with Gasteiger partial charge in [-0.15, -0.1) is 0 Å². The lowest BCUT2D eigenvalue weighted by Crippen LogP contribution is -2.55. The molecule has 1 spiro atoms. The Labute approximate surface area is 96.1 Å². The number of carbonyl (C=O) groups excluding carboxylic acids is 1. The van der Waals surface area contributed by atoms with Crippen LogP contribution in [0.2, 0.25) is 0 Å². The molecule has 2 heterocycles. The van der Waals surface area contributed by atoms with Crippen molar-refractivity contribution in [2.75, 3.05) is 19.7 Å². The predicted molar refractivity (Wildman–Crippen MR) is 60.1 cm³/mol. The van der Waals surface area contributed by atoms with Crippen molar-refractivity contribution < 1.29 is 9.53 Å². The lowest BCUT2D eigenvalue weighted by atomic mass is 9.85. The molecule has 1 saturated carbocycles. The van der Waals surface area contributed by atoms with Gasteiger partial charge in [0.2, 0.25) is 5.91 Å². The third kappa shape index (κ3) is 1.84. The zero-order chi connectivity index (χ0) is 11.0. The van der Waals surface area contributed by atoms with Crippen LogP contribution in [0, 0.1) is 5.92 Å². The van der Waals surface area contributed by atoms with E-state index < -0.39 is 0 Å². The fourth-order valence-corrected chi connectivity index (χ4v) is 2.93. The Morgan fingerprint density at radius 2 is 2.00 bits per heavy atom. The maximum absolute atomic E-state index is 11.8. The molecule has 1 aliphatic carbocycles. The average Bonchev–Trinajstić information content (AvgIpc) is 3.08. The van der Waals surface area contributed by atoms with Gasteiger partial charge in [0.25, 0.3) is 0 Å². The van der Waals surface area contributed by atoms with Gasteiger partial charge in [-0.2, -0.15) is 0 Å². The minimum atomic E-state index is -0.0597. The smallest absolute Gasteiger partial charge is 0.223 e. The summed E-state index contributed by atoms with van der Waals surface area (Å²) in [4.78, 5) is 11.8. The molecule has 4 nitrogen and oxygen atoms in total. The van der Waals surface area contributed by atoms with Gasteiger partial charge < -0.3 is 15.4 Å². The first-order valence-corrected chi connectivity index (χ1v) is 6.45. The highest BCUT2D eigenvalue weighted by atomic mass is 16.5. The Bertz CT molecular complexity index is 283. The molecule has 1 atom stereocenters. The fourth-order valence-electron chi connectivity index (χ4n) is 2.93. The molecule has 0 radical (unpaired) electrons. The molecule has 3 fully saturated rings. The number of hydrogen-bond acceptors (Lipinski definition) is 3.